The maximum absolute atomic E-state index is 5.48. The highest BCUT2D eigenvalue weighted by Gasteiger charge is 2.25. The number of nitrogens with zero attached hydrogens (tertiary/aromatic N) is 3. The Hall–Kier alpha value is -1.72. The summed E-state index contributed by atoms with van der Waals surface area (Å²) in [6, 6.07) is 4.56. The van der Waals surface area contributed by atoms with Crippen molar-refractivity contribution in [3.8, 4) is 0 Å². The molecule has 112 valence electrons. The van der Waals surface area contributed by atoms with Gasteiger partial charge >= 0.3 is 0 Å². The standard InChI is InChI=1S/C16H22N4O/c1-20(2)11-15-14-8-13(5-6-16(14)21-19-15)18-10-12-4-3-7-17-9-12/h3-4,7,9,13,18H,5-6,8,10-11H2,1-2H3. The molecular formula is C16H22N4O. The van der Waals surface area contributed by atoms with Crippen LogP contribution >= 0.6 is 0 Å². The van der Waals surface area contributed by atoms with Crippen LogP contribution in [0.4, 0.5) is 0 Å². The number of fused-ring (bicyclic) bond motifs is 1. The summed E-state index contributed by atoms with van der Waals surface area (Å²) in [5.74, 6) is 1.08. The molecule has 0 spiro atoms. The first-order valence-electron chi connectivity index (χ1n) is 7.45. The van der Waals surface area contributed by atoms with E-state index < -0.39 is 0 Å². The van der Waals surface area contributed by atoms with Crippen LogP contribution in [0.2, 0.25) is 0 Å². The maximum Gasteiger partial charge on any atom is 0.140 e. The van der Waals surface area contributed by atoms with Crippen molar-refractivity contribution in [1.82, 2.24) is 20.4 Å². The monoisotopic (exact) mass is 286 g/mol. The fourth-order valence-corrected chi connectivity index (χ4v) is 2.83. The highest BCUT2D eigenvalue weighted by Crippen LogP contribution is 2.25. The molecule has 3 rings (SSSR count). The van der Waals surface area contributed by atoms with E-state index in [1.54, 1.807) is 6.20 Å². The van der Waals surface area contributed by atoms with Gasteiger partial charge in [0.15, 0.2) is 0 Å². The summed E-state index contributed by atoms with van der Waals surface area (Å²) in [5.41, 5.74) is 3.61. The molecule has 1 aliphatic carbocycles. The molecule has 1 N–H and O–H groups in total. The number of hydrogen-bond donors (Lipinski definition) is 1. The number of nitrogens with one attached hydrogen (secondary N) is 1. The van der Waals surface area contributed by atoms with Crippen LogP contribution in [0.3, 0.4) is 0 Å². The largest absolute Gasteiger partial charge is 0.361 e. The van der Waals surface area contributed by atoms with Crippen LogP contribution in [0.15, 0.2) is 29.0 Å². The molecule has 0 saturated carbocycles. The fraction of sp³-hybridized carbons (Fsp3) is 0.500. The SMILES string of the molecule is CN(C)Cc1noc2c1CC(NCc1cccnc1)CC2. The smallest absolute Gasteiger partial charge is 0.140 e. The second-order valence-electron chi connectivity index (χ2n) is 5.95. The van der Waals surface area contributed by atoms with Gasteiger partial charge in [-0.1, -0.05) is 11.2 Å². The van der Waals surface area contributed by atoms with Gasteiger partial charge in [0.25, 0.3) is 0 Å². The van der Waals surface area contributed by atoms with Gasteiger partial charge in [-0.2, -0.15) is 0 Å². The van der Waals surface area contributed by atoms with Gasteiger partial charge in [0, 0.05) is 43.5 Å². The molecule has 1 atom stereocenters. The maximum atomic E-state index is 5.48. The van der Waals surface area contributed by atoms with Crippen LogP contribution in [0.1, 0.15) is 29.0 Å². The van der Waals surface area contributed by atoms with E-state index in [0.717, 1.165) is 43.8 Å². The van der Waals surface area contributed by atoms with Crippen LogP contribution in [-0.2, 0) is 25.9 Å². The number of rotatable bonds is 5. The number of aryl methyl sites for hydroxylation is 1. The lowest BCUT2D eigenvalue weighted by molar-refractivity contribution is 0.340. The normalized spacial score (nSPS) is 18.0. The average Bonchev–Trinajstić information content (AvgIpc) is 2.88. The summed E-state index contributed by atoms with van der Waals surface area (Å²) in [5, 5.41) is 7.86. The third-order valence-corrected chi connectivity index (χ3v) is 3.90. The van der Waals surface area contributed by atoms with E-state index in [1.165, 1.54) is 11.1 Å². The zero-order valence-corrected chi connectivity index (χ0v) is 12.7. The minimum absolute atomic E-state index is 0.484. The van der Waals surface area contributed by atoms with Crippen molar-refractivity contribution in [2.45, 2.75) is 38.4 Å². The molecule has 2 heterocycles. The first-order valence-corrected chi connectivity index (χ1v) is 7.45. The molecule has 0 fully saturated rings. The topological polar surface area (TPSA) is 54.2 Å². The Labute approximate surface area is 125 Å². The molecule has 21 heavy (non-hydrogen) atoms. The molecular weight excluding hydrogens is 264 g/mol. The molecule has 0 amide bonds. The van der Waals surface area contributed by atoms with Gasteiger partial charge in [0.1, 0.15) is 11.5 Å². The summed E-state index contributed by atoms with van der Waals surface area (Å²) in [6.07, 6.45) is 6.80. The zero-order valence-electron chi connectivity index (χ0n) is 12.7. The van der Waals surface area contributed by atoms with E-state index in [4.69, 9.17) is 4.52 Å². The lowest BCUT2D eigenvalue weighted by atomic mass is 9.92. The van der Waals surface area contributed by atoms with Gasteiger partial charge in [-0.05, 0) is 38.6 Å². The number of hydrogen-bond acceptors (Lipinski definition) is 5. The van der Waals surface area contributed by atoms with Crippen molar-refractivity contribution >= 4 is 0 Å². The molecule has 0 saturated heterocycles. The highest BCUT2D eigenvalue weighted by molar-refractivity contribution is 5.27. The van der Waals surface area contributed by atoms with Gasteiger partial charge in [-0.25, -0.2) is 0 Å². The van der Waals surface area contributed by atoms with Crippen LogP contribution in [-0.4, -0.2) is 35.2 Å². The second kappa shape index (κ2) is 6.37. The van der Waals surface area contributed by atoms with Crippen molar-refractivity contribution in [1.29, 1.82) is 0 Å². The molecule has 0 aromatic carbocycles. The van der Waals surface area contributed by atoms with Gasteiger partial charge < -0.3 is 14.7 Å². The molecule has 1 aliphatic rings. The third kappa shape index (κ3) is 3.49. The predicted octanol–water partition coefficient (Wildman–Crippen LogP) is 1.78. The van der Waals surface area contributed by atoms with E-state index in [2.05, 4.69) is 40.5 Å². The lowest BCUT2D eigenvalue weighted by Crippen LogP contribution is -2.34. The predicted molar refractivity (Wildman–Crippen MR) is 80.8 cm³/mol. The molecule has 5 nitrogen and oxygen atoms in total. The average molecular weight is 286 g/mol. The van der Waals surface area contributed by atoms with E-state index >= 15 is 0 Å². The first kappa shape index (κ1) is 14.2. The number of pyridine rings is 1. The van der Waals surface area contributed by atoms with Crippen molar-refractivity contribution in [3.05, 3.63) is 47.1 Å². The summed E-state index contributed by atoms with van der Waals surface area (Å²) < 4.78 is 5.48. The van der Waals surface area contributed by atoms with E-state index in [-0.39, 0.29) is 0 Å². The summed E-state index contributed by atoms with van der Waals surface area (Å²) >= 11 is 0. The van der Waals surface area contributed by atoms with Gasteiger partial charge in [0.2, 0.25) is 0 Å². The molecule has 0 radical (unpaired) electrons. The minimum Gasteiger partial charge on any atom is -0.361 e. The van der Waals surface area contributed by atoms with E-state index in [9.17, 15) is 0 Å². The Morgan fingerprint density at radius 1 is 1.43 bits per heavy atom. The Morgan fingerprint density at radius 3 is 3.10 bits per heavy atom. The third-order valence-electron chi connectivity index (χ3n) is 3.90. The van der Waals surface area contributed by atoms with Crippen molar-refractivity contribution in [3.63, 3.8) is 0 Å². The first-order chi connectivity index (χ1) is 10.2. The zero-order chi connectivity index (χ0) is 14.7. The Balaban J connectivity index is 1.62. The molecule has 2 aromatic heterocycles. The Kier molecular flexibility index (Phi) is 4.31. The van der Waals surface area contributed by atoms with Crippen molar-refractivity contribution in [2.24, 2.45) is 0 Å². The molecule has 0 aliphatic heterocycles. The summed E-state index contributed by atoms with van der Waals surface area (Å²) in [7, 11) is 4.12. The van der Waals surface area contributed by atoms with Gasteiger partial charge in [-0.15, -0.1) is 0 Å². The molecule has 2 aromatic rings. The number of aromatic nitrogens is 2. The lowest BCUT2D eigenvalue weighted by Gasteiger charge is -2.23. The minimum atomic E-state index is 0.484. The molecule has 5 heteroatoms. The summed E-state index contributed by atoms with van der Waals surface area (Å²) in [6.45, 7) is 1.70. The quantitative estimate of drug-likeness (QED) is 0.908. The highest BCUT2D eigenvalue weighted by atomic mass is 16.5. The van der Waals surface area contributed by atoms with Gasteiger partial charge in [-0.3, -0.25) is 4.98 Å². The molecule has 1 unspecified atom stereocenters. The van der Waals surface area contributed by atoms with E-state index in [1.807, 2.05) is 12.3 Å². The fourth-order valence-electron chi connectivity index (χ4n) is 2.83. The Morgan fingerprint density at radius 2 is 2.33 bits per heavy atom. The Bertz CT molecular complexity index is 579. The van der Waals surface area contributed by atoms with Gasteiger partial charge in [0.05, 0.1) is 0 Å². The van der Waals surface area contributed by atoms with Crippen LogP contribution < -0.4 is 5.32 Å². The van der Waals surface area contributed by atoms with E-state index in [0.29, 0.717) is 6.04 Å². The van der Waals surface area contributed by atoms with Crippen LogP contribution in [0, 0.1) is 0 Å². The van der Waals surface area contributed by atoms with Crippen LogP contribution in [0.25, 0.3) is 0 Å². The van der Waals surface area contributed by atoms with Crippen molar-refractivity contribution in [2.75, 3.05) is 14.1 Å². The summed E-state index contributed by atoms with van der Waals surface area (Å²) in [4.78, 5) is 6.28. The van der Waals surface area contributed by atoms with Crippen molar-refractivity contribution < 1.29 is 4.52 Å². The van der Waals surface area contributed by atoms with Crippen LogP contribution in [0.5, 0.6) is 0 Å². The second-order valence-corrected chi connectivity index (χ2v) is 5.95. The molecule has 0 bridgehead atoms.